The number of ether oxygens (including phenoxy) is 1. The van der Waals surface area contributed by atoms with Crippen molar-refractivity contribution in [3.63, 3.8) is 0 Å². The van der Waals surface area contributed by atoms with Crippen molar-refractivity contribution in [3.05, 3.63) is 83.8 Å². The molecule has 1 saturated heterocycles. The van der Waals surface area contributed by atoms with Gasteiger partial charge in [0.2, 0.25) is 5.89 Å². The number of likely N-dealkylation sites (tertiary alicyclic amines) is 1. The SMILES string of the molecule is O=C(COc1ccccc1)N1CCC[C@H]1c1ncc(Cc2cccc(F)c2)o1. The van der Waals surface area contributed by atoms with Crippen molar-refractivity contribution < 1.29 is 18.3 Å². The zero-order valence-electron chi connectivity index (χ0n) is 15.4. The molecule has 5 nitrogen and oxygen atoms in total. The average Bonchev–Trinajstić information content (AvgIpc) is 3.36. The minimum absolute atomic E-state index is 0.0165. The molecule has 2 aromatic carbocycles. The second-order valence-corrected chi connectivity index (χ2v) is 6.82. The van der Waals surface area contributed by atoms with Crippen molar-refractivity contribution >= 4 is 5.91 Å². The summed E-state index contributed by atoms with van der Waals surface area (Å²) in [6, 6.07) is 15.5. The van der Waals surface area contributed by atoms with Gasteiger partial charge >= 0.3 is 0 Å². The molecule has 1 aliphatic heterocycles. The van der Waals surface area contributed by atoms with Crippen LogP contribution in [-0.2, 0) is 11.2 Å². The van der Waals surface area contributed by atoms with Crippen molar-refractivity contribution in [1.82, 2.24) is 9.88 Å². The van der Waals surface area contributed by atoms with Crippen LogP contribution in [0.3, 0.4) is 0 Å². The normalized spacial score (nSPS) is 16.3. The summed E-state index contributed by atoms with van der Waals surface area (Å²) in [7, 11) is 0. The Kier molecular flexibility index (Phi) is 5.37. The molecule has 1 amide bonds. The van der Waals surface area contributed by atoms with Crippen molar-refractivity contribution in [1.29, 1.82) is 0 Å². The summed E-state index contributed by atoms with van der Waals surface area (Å²) in [6.45, 7) is 0.640. The number of aromatic nitrogens is 1. The first-order valence-corrected chi connectivity index (χ1v) is 9.35. The third-order valence-corrected chi connectivity index (χ3v) is 4.80. The number of para-hydroxylation sites is 1. The molecule has 1 aromatic heterocycles. The number of amides is 1. The quantitative estimate of drug-likeness (QED) is 0.645. The Morgan fingerprint density at radius 3 is 2.89 bits per heavy atom. The summed E-state index contributed by atoms with van der Waals surface area (Å²) in [5.41, 5.74) is 0.818. The van der Waals surface area contributed by atoms with Crippen LogP contribution in [0.15, 0.2) is 65.2 Å². The summed E-state index contributed by atoms with van der Waals surface area (Å²) in [6.07, 6.45) is 3.81. The van der Waals surface area contributed by atoms with Gasteiger partial charge in [-0.05, 0) is 42.7 Å². The molecule has 2 heterocycles. The average molecular weight is 380 g/mol. The lowest BCUT2D eigenvalue weighted by Gasteiger charge is -2.22. The molecule has 0 saturated carbocycles. The number of rotatable bonds is 6. The number of carbonyl (C=O) groups is 1. The molecule has 1 atom stereocenters. The molecule has 1 aliphatic rings. The molecule has 0 spiro atoms. The maximum absolute atomic E-state index is 13.4. The lowest BCUT2D eigenvalue weighted by molar-refractivity contribution is -0.134. The number of carbonyl (C=O) groups excluding carboxylic acids is 1. The summed E-state index contributed by atoms with van der Waals surface area (Å²) < 4.78 is 24.8. The molecule has 4 rings (SSSR count). The van der Waals surface area contributed by atoms with Crippen LogP contribution in [0.25, 0.3) is 0 Å². The predicted molar refractivity (Wildman–Crippen MR) is 101 cm³/mol. The van der Waals surface area contributed by atoms with Gasteiger partial charge in [0.05, 0.1) is 6.20 Å². The van der Waals surface area contributed by atoms with E-state index in [0.29, 0.717) is 30.4 Å². The Bertz CT molecular complexity index is 942. The van der Waals surface area contributed by atoms with E-state index >= 15 is 0 Å². The summed E-state index contributed by atoms with van der Waals surface area (Å²) in [5.74, 6) is 1.48. The zero-order valence-corrected chi connectivity index (χ0v) is 15.4. The minimum atomic E-state index is -0.275. The van der Waals surface area contributed by atoms with Crippen molar-refractivity contribution in [2.24, 2.45) is 0 Å². The molecule has 0 N–H and O–H groups in total. The van der Waals surface area contributed by atoms with Gasteiger partial charge in [0.1, 0.15) is 23.4 Å². The van der Waals surface area contributed by atoms with Gasteiger partial charge in [-0.3, -0.25) is 4.79 Å². The molecule has 28 heavy (non-hydrogen) atoms. The van der Waals surface area contributed by atoms with Crippen LogP contribution in [-0.4, -0.2) is 28.9 Å². The highest BCUT2D eigenvalue weighted by Crippen LogP contribution is 2.32. The smallest absolute Gasteiger partial charge is 0.261 e. The van der Waals surface area contributed by atoms with Gasteiger partial charge in [-0.25, -0.2) is 9.37 Å². The Hall–Kier alpha value is -3.15. The van der Waals surface area contributed by atoms with Gasteiger partial charge in [-0.2, -0.15) is 0 Å². The number of oxazole rings is 1. The van der Waals surface area contributed by atoms with Crippen LogP contribution in [0.4, 0.5) is 4.39 Å². The lowest BCUT2D eigenvalue weighted by Crippen LogP contribution is -2.34. The molecular weight excluding hydrogens is 359 g/mol. The van der Waals surface area contributed by atoms with E-state index in [4.69, 9.17) is 9.15 Å². The van der Waals surface area contributed by atoms with Crippen molar-refractivity contribution in [3.8, 4) is 5.75 Å². The van der Waals surface area contributed by atoms with E-state index < -0.39 is 0 Å². The lowest BCUT2D eigenvalue weighted by atomic mass is 10.1. The number of halogens is 1. The summed E-state index contributed by atoms with van der Waals surface area (Å²) in [5, 5.41) is 0. The molecular formula is C22H21FN2O3. The van der Waals surface area contributed by atoms with Gasteiger partial charge in [0.25, 0.3) is 5.91 Å². The third kappa shape index (κ3) is 4.22. The molecule has 144 valence electrons. The Morgan fingerprint density at radius 1 is 1.21 bits per heavy atom. The van der Waals surface area contributed by atoms with Gasteiger partial charge in [0, 0.05) is 13.0 Å². The van der Waals surface area contributed by atoms with E-state index in [1.165, 1.54) is 12.1 Å². The van der Waals surface area contributed by atoms with Crippen LogP contribution in [0, 0.1) is 5.82 Å². The fraction of sp³-hybridized carbons (Fsp3) is 0.273. The number of nitrogens with zero attached hydrogens (tertiary/aromatic N) is 2. The highest BCUT2D eigenvalue weighted by molar-refractivity contribution is 5.78. The fourth-order valence-corrected chi connectivity index (χ4v) is 3.47. The Labute approximate surface area is 162 Å². The standard InChI is InChI=1S/C22H21FN2O3/c23-17-7-4-6-16(12-17)13-19-14-24-22(28-19)20-10-5-11-25(20)21(26)15-27-18-8-2-1-3-9-18/h1-4,6-9,12,14,20H,5,10-11,13,15H2/t20-/m0/s1. The fourth-order valence-electron chi connectivity index (χ4n) is 3.47. The molecule has 3 aromatic rings. The topological polar surface area (TPSA) is 55.6 Å². The largest absolute Gasteiger partial charge is 0.484 e. The minimum Gasteiger partial charge on any atom is -0.484 e. The number of benzene rings is 2. The third-order valence-electron chi connectivity index (χ3n) is 4.80. The first-order chi connectivity index (χ1) is 13.7. The number of hydrogen-bond acceptors (Lipinski definition) is 4. The van der Waals surface area contributed by atoms with E-state index in [-0.39, 0.29) is 24.4 Å². The van der Waals surface area contributed by atoms with Gasteiger partial charge in [-0.15, -0.1) is 0 Å². The van der Waals surface area contributed by atoms with Gasteiger partial charge in [-0.1, -0.05) is 30.3 Å². The molecule has 0 bridgehead atoms. The molecule has 0 unspecified atom stereocenters. The van der Waals surface area contributed by atoms with E-state index in [9.17, 15) is 9.18 Å². The molecule has 0 radical (unpaired) electrons. The predicted octanol–water partition coefficient (Wildman–Crippen LogP) is 4.15. The van der Waals surface area contributed by atoms with Crippen LogP contribution < -0.4 is 4.74 Å². The highest BCUT2D eigenvalue weighted by atomic mass is 19.1. The summed E-state index contributed by atoms with van der Waals surface area (Å²) in [4.78, 5) is 18.8. The maximum atomic E-state index is 13.4. The summed E-state index contributed by atoms with van der Waals surface area (Å²) >= 11 is 0. The monoisotopic (exact) mass is 380 g/mol. The second kappa shape index (κ2) is 8.25. The van der Waals surface area contributed by atoms with Crippen LogP contribution in [0.5, 0.6) is 5.75 Å². The van der Waals surface area contributed by atoms with E-state index in [1.54, 1.807) is 17.2 Å². The molecule has 6 heteroatoms. The van der Waals surface area contributed by atoms with E-state index in [0.717, 1.165) is 18.4 Å². The van der Waals surface area contributed by atoms with E-state index in [2.05, 4.69) is 4.98 Å². The zero-order chi connectivity index (χ0) is 19.3. The molecule has 1 fully saturated rings. The van der Waals surface area contributed by atoms with Gasteiger partial charge in [0.15, 0.2) is 6.61 Å². The van der Waals surface area contributed by atoms with Crippen molar-refractivity contribution in [2.75, 3.05) is 13.2 Å². The van der Waals surface area contributed by atoms with Crippen LogP contribution >= 0.6 is 0 Å². The van der Waals surface area contributed by atoms with Crippen LogP contribution in [0.2, 0.25) is 0 Å². The Balaban J connectivity index is 1.40. The highest BCUT2D eigenvalue weighted by Gasteiger charge is 2.33. The Morgan fingerprint density at radius 2 is 2.07 bits per heavy atom. The van der Waals surface area contributed by atoms with Crippen molar-refractivity contribution in [2.45, 2.75) is 25.3 Å². The van der Waals surface area contributed by atoms with E-state index in [1.807, 2.05) is 36.4 Å². The van der Waals surface area contributed by atoms with Crippen LogP contribution in [0.1, 0.15) is 36.1 Å². The second-order valence-electron chi connectivity index (χ2n) is 6.82. The number of hydrogen-bond donors (Lipinski definition) is 0. The maximum Gasteiger partial charge on any atom is 0.261 e. The first-order valence-electron chi connectivity index (χ1n) is 9.35. The van der Waals surface area contributed by atoms with Gasteiger partial charge < -0.3 is 14.1 Å². The molecule has 0 aliphatic carbocycles. The first kappa shape index (κ1) is 18.2.